The zero-order valence-electron chi connectivity index (χ0n) is 18.8. The van der Waals surface area contributed by atoms with Gasteiger partial charge in [0.25, 0.3) is 0 Å². The van der Waals surface area contributed by atoms with E-state index in [4.69, 9.17) is 10.1 Å². The first-order valence-electron chi connectivity index (χ1n) is 11.1. The second-order valence-corrected chi connectivity index (χ2v) is 8.38. The number of ketones is 1. The zero-order chi connectivity index (χ0) is 24.1. The molecule has 3 heterocycles. The van der Waals surface area contributed by atoms with Crippen molar-refractivity contribution in [2.45, 2.75) is 32.1 Å². The molecule has 10 nitrogen and oxygen atoms in total. The fourth-order valence-electron chi connectivity index (χ4n) is 4.39. The number of hydrogen-bond donors (Lipinski definition) is 3. The predicted octanol–water partition coefficient (Wildman–Crippen LogP) is 3.37. The maximum absolute atomic E-state index is 12.9. The van der Waals surface area contributed by atoms with E-state index in [1.165, 1.54) is 17.3 Å². The highest BCUT2D eigenvalue weighted by Crippen LogP contribution is 2.43. The smallest absolute Gasteiger partial charge is 0.329 e. The quantitative estimate of drug-likeness (QED) is 0.560. The van der Waals surface area contributed by atoms with Crippen molar-refractivity contribution in [1.29, 1.82) is 5.41 Å². The van der Waals surface area contributed by atoms with Crippen molar-refractivity contribution < 1.29 is 19.1 Å². The number of ether oxygens (including phenoxy) is 1. The molecule has 4 rings (SSSR count). The molecule has 0 radical (unpaired) electrons. The number of likely N-dealkylation sites (tertiary alicyclic amines) is 1. The third-order valence-corrected chi connectivity index (χ3v) is 6.09. The molecule has 1 saturated heterocycles. The lowest BCUT2D eigenvalue weighted by Gasteiger charge is -2.30. The summed E-state index contributed by atoms with van der Waals surface area (Å²) in [6, 6.07) is 6.08. The Labute approximate surface area is 196 Å². The zero-order valence-corrected chi connectivity index (χ0v) is 18.8. The minimum Gasteiger partial charge on any atom is -0.456 e. The van der Waals surface area contributed by atoms with E-state index in [0.717, 1.165) is 0 Å². The van der Waals surface area contributed by atoms with E-state index in [0.29, 0.717) is 55.0 Å². The van der Waals surface area contributed by atoms with E-state index in [1.807, 2.05) is 0 Å². The minimum atomic E-state index is -0.721. The van der Waals surface area contributed by atoms with Crippen LogP contribution in [0.5, 0.6) is 11.5 Å². The Morgan fingerprint density at radius 3 is 2.76 bits per heavy atom. The average molecular weight is 463 g/mol. The lowest BCUT2D eigenvalue weighted by Crippen LogP contribution is -2.42. The van der Waals surface area contributed by atoms with Crippen molar-refractivity contribution in [1.82, 2.24) is 20.2 Å². The minimum absolute atomic E-state index is 0.0903. The van der Waals surface area contributed by atoms with E-state index in [-0.39, 0.29) is 23.9 Å². The van der Waals surface area contributed by atoms with Gasteiger partial charge in [-0.05, 0) is 37.5 Å². The summed E-state index contributed by atoms with van der Waals surface area (Å²) in [7, 11) is 1.74. The summed E-state index contributed by atoms with van der Waals surface area (Å²) in [6.07, 6.45) is 8.49. The van der Waals surface area contributed by atoms with Gasteiger partial charge in [0.15, 0.2) is 0 Å². The van der Waals surface area contributed by atoms with Crippen molar-refractivity contribution in [2.24, 2.45) is 5.41 Å². The summed E-state index contributed by atoms with van der Waals surface area (Å²) < 4.78 is 5.82. The molecule has 0 aromatic carbocycles. The summed E-state index contributed by atoms with van der Waals surface area (Å²) in [4.78, 5) is 47.1. The van der Waals surface area contributed by atoms with Gasteiger partial charge in [-0.25, -0.2) is 9.78 Å². The van der Waals surface area contributed by atoms with Crippen LogP contribution in [0.25, 0.3) is 5.57 Å². The number of nitrogens with one attached hydrogen (secondary N) is 3. The highest BCUT2D eigenvalue weighted by atomic mass is 16.5. The average Bonchev–Trinajstić information content (AvgIpc) is 3.14. The van der Waals surface area contributed by atoms with Gasteiger partial charge in [-0.2, -0.15) is 0 Å². The molecule has 3 amide bonds. The van der Waals surface area contributed by atoms with Crippen LogP contribution in [0.3, 0.4) is 0 Å². The number of anilines is 1. The Kier molecular flexibility index (Phi) is 6.67. The number of carbonyl (C=O) groups excluding carboxylic acids is 3. The normalized spacial score (nSPS) is 20.4. The molecule has 3 N–H and O–H groups in total. The highest BCUT2D eigenvalue weighted by molar-refractivity contribution is 6.07. The fourth-order valence-corrected chi connectivity index (χ4v) is 4.39. The maximum atomic E-state index is 12.9. The molecule has 1 unspecified atom stereocenters. The number of amides is 3. The summed E-state index contributed by atoms with van der Waals surface area (Å²) in [5.41, 5.74) is 0.452. The molecule has 176 valence electrons. The molecular weight excluding hydrogens is 436 g/mol. The van der Waals surface area contributed by atoms with Crippen LogP contribution in [0.4, 0.5) is 10.6 Å². The molecule has 0 bridgehead atoms. The number of urea groups is 1. The van der Waals surface area contributed by atoms with Gasteiger partial charge in [-0.15, -0.1) is 0 Å². The van der Waals surface area contributed by atoms with Gasteiger partial charge in [0.1, 0.15) is 23.1 Å². The van der Waals surface area contributed by atoms with Crippen LogP contribution in [0, 0.1) is 10.8 Å². The van der Waals surface area contributed by atoms with Gasteiger partial charge in [-0.3, -0.25) is 24.8 Å². The Balaban J connectivity index is 1.39. The molecule has 1 atom stereocenters. The molecule has 1 saturated carbocycles. The topological polar surface area (TPSA) is 137 Å². The first kappa shape index (κ1) is 23.1. The van der Waals surface area contributed by atoms with Gasteiger partial charge in [0.2, 0.25) is 5.91 Å². The van der Waals surface area contributed by atoms with Crippen molar-refractivity contribution in [2.75, 3.05) is 18.9 Å². The van der Waals surface area contributed by atoms with Crippen molar-refractivity contribution in [3.05, 3.63) is 48.6 Å². The lowest BCUT2D eigenvalue weighted by atomic mass is 9.72. The van der Waals surface area contributed by atoms with Crippen molar-refractivity contribution in [3.63, 3.8) is 0 Å². The van der Waals surface area contributed by atoms with Crippen LogP contribution in [0.2, 0.25) is 0 Å². The molecule has 2 aliphatic rings. The van der Waals surface area contributed by atoms with Gasteiger partial charge in [0.05, 0.1) is 17.3 Å². The second-order valence-electron chi connectivity index (χ2n) is 8.38. The van der Waals surface area contributed by atoms with Crippen LogP contribution in [0.15, 0.2) is 42.9 Å². The number of carbonyl (C=O) groups is 3. The third-order valence-electron chi connectivity index (χ3n) is 6.09. The molecule has 10 heteroatoms. The third kappa shape index (κ3) is 4.80. The number of nitrogens with zero attached hydrogens (tertiary/aromatic N) is 3. The van der Waals surface area contributed by atoms with Crippen molar-refractivity contribution >= 4 is 35.3 Å². The van der Waals surface area contributed by atoms with Crippen LogP contribution < -0.4 is 15.4 Å². The number of pyridine rings is 2. The second kappa shape index (κ2) is 9.82. The lowest BCUT2D eigenvalue weighted by molar-refractivity contribution is -0.139. The van der Waals surface area contributed by atoms with E-state index in [9.17, 15) is 14.4 Å². The number of rotatable bonds is 6. The standard InChI is InChI=1S/C24H26N6O4/c1-26-14-16(13-25)20-11-18(6-9-27-20)34-19-4-5-21(28-15-19)29-23(33)30-10-8-24(22(30)32)7-2-3-17(31)12-24/h4-6,9,11,13-15,25-26H,2-3,7-8,10,12H2,1H3,(H,28,29,33)/b16-14+,25-13?. The summed E-state index contributed by atoms with van der Waals surface area (Å²) >= 11 is 0. The number of hydrogen-bond acceptors (Lipinski definition) is 8. The molecule has 2 aromatic heterocycles. The number of imide groups is 1. The van der Waals surface area contributed by atoms with E-state index < -0.39 is 11.4 Å². The Morgan fingerprint density at radius 1 is 1.21 bits per heavy atom. The van der Waals surface area contributed by atoms with Gasteiger partial charge >= 0.3 is 6.03 Å². The van der Waals surface area contributed by atoms with Crippen LogP contribution in [-0.2, 0) is 9.59 Å². The summed E-state index contributed by atoms with van der Waals surface area (Å²) in [5, 5.41) is 13.0. The molecular formula is C24H26N6O4. The largest absolute Gasteiger partial charge is 0.456 e. The molecule has 2 fully saturated rings. The van der Waals surface area contributed by atoms with E-state index in [2.05, 4.69) is 20.6 Å². The van der Waals surface area contributed by atoms with E-state index in [1.54, 1.807) is 43.7 Å². The maximum Gasteiger partial charge on any atom is 0.329 e. The van der Waals surface area contributed by atoms with Gasteiger partial charge in [0, 0.05) is 56.7 Å². The van der Waals surface area contributed by atoms with Gasteiger partial charge < -0.3 is 15.5 Å². The summed E-state index contributed by atoms with van der Waals surface area (Å²) in [5.74, 6) is 1.06. The van der Waals surface area contributed by atoms with E-state index >= 15 is 0 Å². The Bertz CT molecular complexity index is 1150. The SMILES string of the molecule is CN/C=C(\C=N)c1cc(Oc2ccc(NC(=O)N3CCC4(CCCC(=O)C4)C3=O)nc2)ccn1. The first-order valence-corrected chi connectivity index (χ1v) is 11.1. The summed E-state index contributed by atoms with van der Waals surface area (Å²) in [6.45, 7) is 0.295. The highest BCUT2D eigenvalue weighted by Gasteiger charge is 2.50. The monoisotopic (exact) mass is 462 g/mol. The van der Waals surface area contributed by atoms with Crippen LogP contribution >= 0.6 is 0 Å². The van der Waals surface area contributed by atoms with Crippen LogP contribution in [0.1, 0.15) is 37.8 Å². The number of allylic oxidation sites excluding steroid dienone is 1. The van der Waals surface area contributed by atoms with Crippen LogP contribution in [-0.4, -0.2) is 52.4 Å². The predicted molar refractivity (Wildman–Crippen MR) is 126 cm³/mol. The number of aromatic nitrogens is 2. The Hall–Kier alpha value is -4.08. The molecule has 2 aromatic rings. The molecule has 34 heavy (non-hydrogen) atoms. The fraction of sp³-hybridized carbons (Fsp3) is 0.333. The Morgan fingerprint density at radius 2 is 2.06 bits per heavy atom. The molecule has 1 aliphatic heterocycles. The van der Waals surface area contributed by atoms with Crippen molar-refractivity contribution in [3.8, 4) is 11.5 Å². The molecule has 1 spiro atoms. The van der Waals surface area contributed by atoms with Gasteiger partial charge in [-0.1, -0.05) is 0 Å². The first-order chi connectivity index (χ1) is 16.4. The molecule has 1 aliphatic carbocycles. The number of Topliss-reactive ketones (excluding diaryl/α,β-unsaturated/α-hetero) is 1.